The van der Waals surface area contributed by atoms with Gasteiger partial charge in [-0.3, -0.25) is 0 Å². The summed E-state index contributed by atoms with van der Waals surface area (Å²) >= 11 is 3.42. The smallest absolute Gasteiger partial charge is 0.408 e. The second-order valence-corrected chi connectivity index (χ2v) is 7.57. The van der Waals surface area contributed by atoms with Crippen LogP contribution in [0.2, 0.25) is 0 Å². The van der Waals surface area contributed by atoms with Gasteiger partial charge in [0.05, 0.1) is 11.7 Å². The van der Waals surface area contributed by atoms with Crippen LogP contribution in [-0.2, 0) is 9.47 Å². The molecule has 0 fully saturated rings. The molecule has 2 rings (SSSR count). The lowest BCUT2D eigenvalue weighted by molar-refractivity contribution is 0.0490. The van der Waals surface area contributed by atoms with Crippen LogP contribution in [-0.4, -0.2) is 35.4 Å². The molecule has 0 aliphatic carbocycles. The van der Waals surface area contributed by atoms with E-state index in [-0.39, 0.29) is 6.04 Å². The lowest BCUT2D eigenvalue weighted by atomic mass is 10.2. The Morgan fingerprint density at radius 3 is 2.60 bits per heavy atom. The van der Waals surface area contributed by atoms with E-state index in [4.69, 9.17) is 9.47 Å². The van der Waals surface area contributed by atoms with Crippen LogP contribution in [0.15, 0.2) is 34.9 Å². The number of carbonyl (C=O) groups excluding carboxylic acids is 1. The predicted octanol–water partition coefficient (Wildman–Crippen LogP) is 4.44. The molecule has 1 aromatic carbocycles. The van der Waals surface area contributed by atoms with E-state index in [1.165, 1.54) is 0 Å². The molecule has 0 aliphatic rings. The van der Waals surface area contributed by atoms with Crippen molar-refractivity contribution in [3.8, 4) is 11.3 Å². The van der Waals surface area contributed by atoms with Crippen molar-refractivity contribution >= 4 is 22.0 Å². The van der Waals surface area contributed by atoms with Crippen molar-refractivity contribution in [2.45, 2.75) is 38.8 Å². The zero-order chi connectivity index (χ0) is 18.4. The van der Waals surface area contributed by atoms with Gasteiger partial charge in [0.15, 0.2) is 0 Å². The van der Waals surface area contributed by atoms with E-state index in [0.717, 1.165) is 15.7 Å². The maximum atomic E-state index is 12.1. The minimum absolute atomic E-state index is 0.320. The van der Waals surface area contributed by atoms with E-state index >= 15 is 0 Å². The van der Waals surface area contributed by atoms with Gasteiger partial charge in [-0.25, -0.2) is 9.78 Å². The number of nitrogens with one attached hydrogen (secondary N) is 2. The van der Waals surface area contributed by atoms with Crippen molar-refractivity contribution in [2.75, 3.05) is 13.7 Å². The number of hydrogen-bond acceptors (Lipinski definition) is 4. The third kappa shape index (κ3) is 6.17. The van der Waals surface area contributed by atoms with Crippen LogP contribution in [0.25, 0.3) is 11.3 Å². The zero-order valence-electron chi connectivity index (χ0n) is 14.9. The molecule has 2 N–H and O–H groups in total. The van der Waals surface area contributed by atoms with Gasteiger partial charge in [-0.15, -0.1) is 0 Å². The number of methoxy groups -OCH3 is 1. The van der Waals surface area contributed by atoms with Crippen molar-refractivity contribution < 1.29 is 14.3 Å². The van der Waals surface area contributed by atoms with E-state index in [0.29, 0.717) is 18.9 Å². The molecule has 0 saturated carbocycles. The highest BCUT2D eigenvalue weighted by Gasteiger charge is 2.22. The minimum Gasteiger partial charge on any atom is -0.444 e. The highest BCUT2D eigenvalue weighted by Crippen LogP contribution is 2.23. The molecule has 6 nitrogen and oxygen atoms in total. The molecular formula is C18H24BrN3O3. The third-order valence-corrected chi connectivity index (χ3v) is 3.90. The normalized spacial score (nSPS) is 12.7. The molecule has 1 amide bonds. The van der Waals surface area contributed by atoms with Gasteiger partial charge >= 0.3 is 6.09 Å². The second-order valence-electron chi connectivity index (χ2n) is 6.66. The Bertz CT molecular complexity index is 692. The van der Waals surface area contributed by atoms with E-state index in [1.54, 1.807) is 7.11 Å². The Morgan fingerprint density at radius 1 is 1.32 bits per heavy atom. The molecule has 1 heterocycles. The topological polar surface area (TPSA) is 76.2 Å². The molecule has 0 bridgehead atoms. The molecule has 1 aromatic heterocycles. The number of hydrogen-bond donors (Lipinski definition) is 2. The van der Waals surface area contributed by atoms with Crippen LogP contribution in [0.3, 0.4) is 0 Å². The summed E-state index contributed by atoms with van der Waals surface area (Å²) in [5.74, 6) is 0.667. The highest BCUT2D eigenvalue weighted by atomic mass is 79.9. The van der Waals surface area contributed by atoms with Crippen LogP contribution < -0.4 is 5.32 Å². The average Bonchev–Trinajstić information content (AvgIpc) is 3.00. The number of alkyl carbamates (subject to hydrolysis) is 1. The number of aromatic nitrogens is 2. The number of amides is 1. The SMILES string of the molecule is COCCC(NC(=O)OC(C)(C)C)c1nc(-c2ccc(Br)cc2)c[nH]1. The Kier molecular flexibility index (Phi) is 6.61. The number of benzene rings is 1. The Balaban J connectivity index is 2.14. The molecule has 2 aromatic rings. The van der Waals surface area contributed by atoms with Gasteiger partial charge in [0, 0.05) is 29.9 Å². The van der Waals surface area contributed by atoms with Gasteiger partial charge in [-0.2, -0.15) is 0 Å². The number of aromatic amines is 1. The number of H-pyrrole nitrogens is 1. The van der Waals surface area contributed by atoms with Crippen LogP contribution in [0.4, 0.5) is 4.79 Å². The van der Waals surface area contributed by atoms with E-state index < -0.39 is 11.7 Å². The molecule has 136 valence electrons. The maximum absolute atomic E-state index is 12.1. The third-order valence-electron chi connectivity index (χ3n) is 3.37. The van der Waals surface area contributed by atoms with Gasteiger partial charge in [-0.05, 0) is 39.3 Å². The van der Waals surface area contributed by atoms with Crippen LogP contribution in [0, 0.1) is 0 Å². The molecule has 7 heteroatoms. The average molecular weight is 410 g/mol. The Hall–Kier alpha value is -1.86. The van der Waals surface area contributed by atoms with Crippen molar-refractivity contribution in [3.63, 3.8) is 0 Å². The van der Waals surface area contributed by atoms with Crippen molar-refractivity contribution in [2.24, 2.45) is 0 Å². The summed E-state index contributed by atoms with van der Waals surface area (Å²) in [6, 6.07) is 7.57. The fourth-order valence-corrected chi connectivity index (χ4v) is 2.51. The summed E-state index contributed by atoms with van der Waals surface area (Å²) in [5.41, 5.74) is 1.26. The van der Waals surface area contributed by atoms with Crippen LogP contribution >= 0.6 is 15.9 Å². The lowest BCUT2D eigenvalue weighted by Crippen LogP contribution is -2.35. The van der Waals surface area contributed by atoms with Gasteiger partial charge in [0.25, 0.3) is 0 Å². The van der Waals surface area contributed by atoms with E-state index in [9.17, 15) is 4.79 Å². The highest BCUT2D eigenvalue weighted by molar-refractivity contribution is 9.10. The molecule has 0 spiro atoms. The first-order chi connectivity index (χ1) is 11.8. The molecule has 0 aliphatic heterocycles. The molecule has 25 heavy (non-hydrogen) atoms. The fourth-order valence-electron chi connectivity index (χ4n) is 2.25. The van der Waals surface area contributed by atoms with Gasteiger partial charge in [0.2, 0.25) is 0 Å². The van der Waals surface area contributed by atoms with Crippen molar-refractivity contribution in [1.29, 1.82) is 0 Å². The summed E-state index contributed by atoms with van der Waals surface area (Å²) in [6.07, 6.45) is 1.94. The number of rotatable bonds is 6. The van der Waals surface area contributed by atoms with E-state index in [1.807, 2.05) is 51.2 Å². The van der Waals surface area contributed by atoms with Crippen LogP contribution in [0.5, 0.6) is 0 Å². The quantitative estimate of drug-likeness (QED) is 0.738. The number of halogens is 1. The van der Waals surface area contributed by atoms with Gasteiger partial charge in [-0.1, -0.05) is 28.1 Å². The van der Waals surface area contributed by atoms with Crippen molar-refractivity contribution in [1.82, 2.24) is 15.3 Å². The van der Waals surface area contributed by atoms with Crippen LogP contribution in [0.1, 0.15) is 39.1 Å². The molecule has 1 unspecified atom stereocenters. The first-order valence-electron chi connectivity index (χ1n) is 8.08. The first kappa shape index (κ1) is 19.5. The minimum atomic E-state index is -0.554. The monoisotopic (exact) mass is 409 g/mol. The number of nitrogens with zero attached hydrogens (tertiary/aromatic N) is 1. The molecular weight excluding hydrogens is 386 g/mol. The van der Waals surface area contributed by atoms with Crippen molar-refractivity contribution in [3.05, 3.63) is 40.8 Å². The molecule has 1 atom stereocenters. The standard InChI is InChI=1S/C18H24BrN3O3/c1-18(2,3)25-17(23)22-14(9-10-24-4)16-20-11-15(21-16)12-5-7-13(19)8-6-12/h5-8,11,14H,9-10H2,1-4H3,(H,20,21)(H,22,23). The molecule has 0 radical (unpaired) electrons. The first-order valence-corrected chi connectivity index (χ1v) is 8.87. The summed E-state index contributed by atoms with van der Waals surface area (Å²) < 4.78 is 11.5. The predicted molar refractivity (Wildman–Crippen MR) is 100 cm³/mol. The maximum Gasteiger partial charge on any atom is 0.408 e. The summed E-state index contributed by atoms with van der Waals surface area (Å²) in [5, 5.41) is 2.86. The van der Waals surface area contributed by atoms with Gasteiger partial charge < -0.3 is 19.8 Å². The van der Waals surface area contributed by atoms with E-state index in [2.05, 4.69) is 31.2 Å². The Labute approximate surface area is 156 Å². The van der Waals surface area contributed by atoms with Gasteiger partial charge in [0.1, 0.15) is 11.4 Å². The Morgan fingerprint density at radius 2 is 2.00 bits per heavy atom. The number of imidazole rings is 1. The fraction of sp³-hybridized carbons (Fsp3) is 0.444. The summed E-state index contributed by atoms with van der Waals surface area (Å²) in [6.45, 7) is 5.98. The zero-order valence-corrected chi connectivity index (χ0v) is 16.5. The number of carbonyl (C=O) groups is 1. The lowest BCUT2D eigenvalue weighted by Gasteiger charge is -2.22. The number of ether oxygens (including phenoxy) is 2. The molecule has 0 saturated heterocycles. The summed E-state index contributed by atoms with van der Waals surface area (Å²) in [4.78, 5) is 19.9. The second kappa shape index (κ2) is 8.49. The summed E-state index contributed by atoms with van der Waals surface area (Å²) in [7, 11) is 1.62. The largest absolute Gasteiger partial charge is 0.444 e.